The Bertz CT molecular complexity index is 249. The van der Waals surface area contributed by atoms with Crippen molar-refractivity contribution in [1.82, 2.24) is 10.2 Å². The number of rotatable bonds is 2. The van der Waals surface area contributed by atoms with E-state index in [1.54, 1.807) is 11.3 Å². The molecule has 1 heterocycles. The Labute approximate surface area is 77.2 Å². The molecule has 1 rings (SSSR count). The smallest absolute Gasteiger partial charge is 0.206 e. The second kappa shape index (κ2) is 3.39. The lowest BCUT2D eigenvalue weighted by Gasteiger charge is -2.18. The minimum atomic E-state index is 0.0740. The highest BCUT2D eigenvalue weighted by Crippen LogP contribution is 2.19. The third-order valence-electron chi connectivity index (χ3n) is 1.25. The molecule has 1 N–H and O–H groups in total. The van der Waals surface area contributed by atoms with E-state index in [4.69, 9.17) is 0 Å². The lowest BCUT2D eigenvalue weighted by Crippen LogP contribution is -2.25. The molecule has 1 aromatic rings. The van der Waals surface area contributed by atoms with Crippen LogP contribution >= 0.6 is 11.3 Å². The highest BCUT2D eigenvalue weighted by Gasteiger charge is 2.11. The van der Waals surface area contributed by atoms with Crippen molar-refractivity contribution in [3.8, 4) is 0 Å². The molecule has 4 heteroatoms. The van der Waals surface area contributed by atoms with Crippen LogP contribution in [0.5, 0.6) is 0 Å². The van der Waals surface area contributed by atoms with Gasteiger partial charge in [0.15, 0.2) is 0 Å². The SMILES string of the molecule is CCc1nnc(NC(C)(C)C)s1. The molecule has 0 unspecified atom stereocenters. The Balaban J connectivity index is 2.64. The predicted octanol–water partition coefficient (Wildman–Crippen LogP) is 2.31. The van der Waals surface area contributed by atoms with E-state index < -0.39 is 0 Å². The van der Waals surface area contributed by atoms with Crippen molar-refractivity contribution in [3.05, 3.63) is 5.01 Å². The first-order valence-electron chi connectivity index (χ1n) is 4.12. The maximum atomic E-state index is 4.03. The summed E-state index contributed by atoms with van der Waals surface area (Å²) in [6.07, 6.45) is 0.962. The summed E-state index contributed by atoms with van der Waals surface area (Å²) in [6, 6.07) is 0. The molecule has 0 aromatic carbocycles. The molecule has 0 saturated carbocycles. The van der Waals surface area contributed by atoms with Gasteiger partial charge >= 0.3 is 0 Å². The Hall–Kier alpha value is -0.640. The molecule has 0 amide bonds. The predicted molar refractivity (Wildman–Crippen MR) is 52.7 cm³/mol. The number of aryl methyl sites for hydroxylation is 1. The van der Waals surface area contributed by atoms with Crippen LogP contribution < -0.4 is 5.32 Å². The molecule has 12 heavy (non-hydrogen) atoms. The van der Waals surface area contributed by atoms with Crippen LogP contribution in [0.4, 0.5) is 5.13 Å². The van der Waals surface area contributed by atoms with E-state index in [1.165, 1.54) is 0 Å². The lowest BCUT2D eigenvalue weighted by molar-refractivity contribution is 0.631. The molecule has 0 spiro atoms. The van der Waals surface area contributed by atoms with Gasteiger partial charge in [0.05, 0.1) is 0 Å². The van der Waals surface area contributed by atoms with Gasteiger partial charge in [0.1, 0.15) is 5.01 Å². The monoisotopic (exact) mass is 185 g/mol. The standard InChI is InChI=1S/C8H15N3S/c1-5-6-10-11-7(12-6)9-8(2,3)4/h5H2,1-4H3,(H,9,11). The number of hydrogen-bond donors (Lipinski definition) is 1. The number of aromatic nitrogens is 2. The van der Waals surface area contributed by atoms with Crippen molar-refractivity contribution in [2.45, 2.75) is 39.7 Å². The van der Waals surface area contributed by atoms with E-state index >= 15 is 0 Å². The van der Waals surface area contributed by atoms with E-state index in [0.717, 1.165) is 16.6 Å². The highest BCUT2D eigenvalue weighted by molar-refractivity contribution is 7.15. The number of hydrogen-bond acceptors (Lipinski definition) is 4. The van der Waals surface area contributed by atoms with Crippen molar-refractivity contribution in [2.75, 3.05) is 5.32 Å². The fourth-order valence-electron chi connectivity index (χ4n) is 0.768. The fourth-order valence-corrected chi connectivity index (χ4v) is 1.66. The van der Waals surface area contributed by atoms with Crippen molar-refractivity contribution in [1.29, 1.82) is 0 Å². The molecule has 1 aromatic heterocycles. The van der Waals surface area contributed by atoms with Crippen molar-refractivity contribution < 1.29 is 0 Å². The average Bonchev–Trinajstić information content (AvgIpc) is 2.32. The normalized spacial score (nSPS) is 11.7. The van der Waals surface area contributed by atoms with Crippen LogP contribution in [0.15, 0.2) is 0 Å². The van der Waals surface area contributed by atoms with Gasteiger partial charge in [-0.1, -0.05) is 18.3 Å². The summed E-state index contributed by atoms with van der Waals surface area (Å²) < 4.78 is 0. The molecular formula is C8H15N3S. The van der Waals surface area contributed by atoms with E-state index in [9.17, 15) is 0 Å². The first-order chi connectivity index (χ1) is 5.51. The quantitative estimate of drug-likeness (QED) is 0.768. The second-order valence-corrected chi connectivity index (χ2v) is 4.79. The van der Waals surface area contributed by atoms with Crippen LogP contribution in [-0.4, -0.2) is 15.7 Å². The maximum Gasteiger partial charge on any atom is 0.206 e. The maximum absolute atomic E-state index is 4.03. The molecule has 0 aliphatic rings. The minimum absolute atomic E-state index is 0.0740. The van der Waals surface area contributed by atoms with Crippen LogP contribution in [0, 0.1) is 0 Å². The number of nitrogens with one attached hydrogen (secondary N) is 1. The third-order valence-corrected chi connectivity index (χ3v) is 2.23. The summed E-state index contributed by atoms with van der Waals surface area (Å²) in [5, 5.41) is 13.3. The van der Waals surface area contributed by atoms with Gasteiger partial charge < -0.3 is 5.32 Å². The first-order valence-corrected chi connectivity index (χ1v) is 4.93. The molecule has 3 nitrogen and oxygen atoms in total. The molecule has 0 aliphatic heterocycles. The zero-order valence-corrected chi connectivity index (χ0v) is 8.83. The van der Waals surface area contributed by atoms with E-state index in [0.29, 0.717) is 0 Å². The van der Waals surface area contributed by atoms with Crippen LogP contribution in [0.25, 0.3) is 0 Å². The summed E-state index contributed by atoms with van der Waals surface area (Å²) in [5.41, 5.74) is 0.0740. The Morgan fingerprint density at radius 3 is 2.42 bits per heavy atom. The minimum Gasteiger partial charge on any atom is -0.355 e. The number of anilines is 1. The van der Waals surface area contributed by atoms with Crippen LogP contribution in [0.2, 0.25) is 0 Å². The Kier molecular flexibility index (Phi) is 2.67. The summed E-state index contributed by atoms with van der Waals surface area (Å²) in [6.45, 7) is 8.42. The molecule has 0 radical (unpaired) electrons. The lowest BCUT2D eigenvalue weighted by atomic mass is 10.1. The summed E-state index contributed by atoms with van der Waals surface area (Å²) in [5.74, 6) is 0. The van der Waals surface area contributed by atoms with Gasteiger partial charge in [0.2, 0.25) is 5.13 Å². The Morgan fingerprint density at radius 1 is 1.33 bits per heavy atom. The van der Waals surface area contributed by atoms with E-state index in [-0.39, 0.29) is 5.54 Å². The van der Waals surface area contributed by atoms with Gasteiger partial charge in [-0.15, -0.1) is 10.2 Å². The van der Waals surface area contributed by atoms with E-state index in [1.807, 2.05) is 0 Å². The van der Waals surface area contributed by atoms with Gasteiger partial charge in [-0.25, -0.2) is 0 Å². The number of nitrogens with zero attached hydrogens (tertiary/aromatic N) is 2. The van der Waals surface area contributed by atoms with Gasteiger partial charge in [-0.2, -0.15) is 0 Å². The molecule has 0 fully saturated rings. The largest absolute Gasteiger partial charge is 0.355 e. The summed E-state index contributed by atoms with van der Waals surface area (Å²) in [4.78, 5) is 0. The zero-order chi connectivity index (χ0) is 9.19. The Morgan fingerprint density at radius 2 is 2.00 bits per heavy atom. The van der Waals surface area contributed by atoms with Crippen molar-refractivity contribution in [2.24, 2.45) is 0 Å². The van der Waals surface area contributed by atoms with Crippen LogP contribution in [0.1, 0.15) is 32.7 Å². The molecule has 0 aliphatic carbocycles. The molecule has 68 valence electrons. The summed E-state index contributed by atoms with van der Waals surface area (Å²) >= 11 is 1.63. The van der Waals surface area contributed by atoms with Crippen LogP contribution in [0.3, 0.4) is 0 Å². The van der Waals surface area contributed by atoms with Gasteiger partial charge in [0.25, 0.3) is 0 Å². The second-order valence-electron chi connectivity index (χ2n) is 3.73. The van der Waals surface area contributed by atoms with Crippen molar-refractivity contribution >= 4 is 16.5 Å². The van der Waals surface area contributed by atoms with Crippen LogP contribution in [-0.2, 0) is 6.42 Å². The van der Waals surface area contributed by atoms with Gasteiger partial charge in [0, 0.05) is 5.54 Å². The van der Waals surface area contributed by atoms with E-state index in [2.05, 4.69) is 43.2 Å². The molecular weight excluding hydrogens is 170 g/mol. The summed E-state index contributed by atoms with van der Waals surface area (Å²) in [7, 11) is 0. The third kappa shape index (κ3) is 2.77. The van der Waals surface area contributed by atoms with Crippen molar-refractivity contribution in [3.63, 3.8) is 0 Å². The molecule has 0 saturated heterocycles. The molecule has 0 bridgehead atoms. The average molecular weight is 185 g/mol. The fraction of sp³-hybridized carbons (Fsp3) is 0.750. The molecule has 0 atom stereocenters. The van der Waals surface area contributed by atoms with Gasteiger partial charge in [-0.05, 0) is 27.2 Å². The topological polar surface area (TPSA) is 37.8 Å². The highest BCUT2D eigenvalue weighted by atomic mass is 32.1. The first kappa shape index (κ1) is 9.45. The zero-order valence-electron chi connectivity index (χ0n) is 8.01. The van der Waals surface area contributed by atoms with Gasteiger partial charge in [-0.3, -0.25) is 0 Å².